The van der Waals surface area contributed by atoms with E-state index in [0.717, 1.165) is 6.29 Å². The molecule has 0 saturated carbocycles. The van der Waals surface area contributed by atoms with Crippen LogP contribution in [0.3, 0.4) is 0 Å². The Hall–Kier alpha value is -3.56. The van der Waals surface area contributed by atoms with Crippen molar-refractivity contribution in [3.8, 4) is 0 Å². The van der Waals surface area contributed by atoms with Crippen molar-refractivity contribution in [2.45, 2.75) is 12.8 Å². The molecule has 0 aliphatic rings. The van der Waals surface area contributed by atoms with Crippen LogP contribution < -0.4 is 17.0 Å². The number of hydrogen-bond donors (Lipinski definition) is 4. The molecule has 0 radical (unpaired) electrons. The molecule has 0 aliphatic heterocycles. The largest absolute Gasteiger partial charge is 0.382 e. The van der Waals surface area contributed by atoms with Crippen molar-refractivity contribution in [2.24, 2.45) is 0 Å². The van der Waals surface area contributed by atoms with Gasteiger partial charge in [0, 0.05) is 18.7 Å². The number of nitrogens with one attached hydrogen (secondary N) is 3. The van der Waals surface area contributed by atoms with Gasteiger partial charge in [0.05, 0.1) is 6.33 Å². The lowest BCUT2D eigenvalue weighted by Gasteiger charge is -1.96. The second kappa shape index (κ2) is 8.17. The fourth-order valence-corrected chi connectivity index (χ4v) is 1.68. The van der Waals surface area contributed by atoms with Crippen LogP contribution in [0.1, 0.15) is 18.7 Å². The van der Waals surface area contributed by atoms with Crippen LogP contribution in [0.4, 0.5) is 5.82 Å². The maximum absolute atomic E-state index is 10.2. The molecule has 10 heteroatoms. The molecule has 3 heterocycles. The number of anilines is 1. The van der Waals surface area contributed by atoms with E-state index in [-0.39, 0.29) is 5.56 Å². The number of nitrogens with zero attached hydrogens (tertiary/aromatic N) is 3. The Bertz CT molecular complexity index is 929. The second-order valence-corrected chi connectivity index (χ2v) is 4.51. The SMILES string of the molecule is Nc1nc(C=CCCC=O)nc2nc[nH]c12.O=c1cc[nH]c(=O)[nH]1. The van der Waals surface area contributed by atoms with E-state index in [0.29, 0.717) is 35.6 Å². The van der Waals surface area contributed by atoms with Crippen LogP contribution in [0.2, 0.25) is 0 Å². The Morgan fingerprint density at radius 3 is 2.67 bits per heavy atom. The zero-order valence-corrected chi connectivity index (χ0v) is 12.5. The third-order valence-electron chi connectivity index (χ3n) is 2.73. The molecule has 0 aromatic carbocycles. The molecule has 0 aliphatic carbocycles. The Balaban J connectivity index is 0.000000219. The Morgan fingerprint density at radius 2 is 2.00 bits per heavy atom. The molecule has 3 rings (SSSR count). The Morgan fingerprint density at radius 1 is 1.17 bits per heavy atom. The van der Waals surface area contributed by atoms with Crippen LogP contribution in [0.15, 0.2) is 34.3 Å². The number of fused-ring (bicyclic) bond motifs is 1. The zero-order valence-electron chi connectivity index (χ0n) is 12.5. The topological polar surface area (TPSA) is 163 Å². The van der Waals surface area contributed by atoms with Gasteiger partial charge in [-0.3, -0.25) is 9.78 Å². The van der Waals surface area contributed by atoms with Gasteiger partial charge in [0.25, 0.3) is 5.56 Å². The van der Waals surface area contributed by atoms with Gasteiger partial charge in [-0.1, -0.05) is 6.08 Å². The molecule has 24 heavy (non-hydrogen) atoms. The summed E-state index contributed by atoms with van der Waals surface area (Å²) < 4.78 is 0. The lowest BCUT2D eigenvalue weighted by Crippen LogP contribution is -2.19. The van der Waals surface area contributed by atoms with Gasteiger partial charge in [-0.05, 0) is 12.5 Å². The Labute approximate surface area is 134 Å². The summed E-state index contributed by atoms with van der Waals surface area (Å²) in [6.07, 6.45) is 8.42. The van der Waals surface area contributed by atoms with Crippen molar-refractivity contribution in [3.63, 3.8) is 0 Å². The monoisotopic (exact) mass is 329 g/mol. The fourth-order valence-electron chi connectivity index (χ4n) is 1.68. The molecule has 0 saturated heterocycles. The molecule has 0 bridgehead atoms. The lowest BCUT2D eigenvalue weighted by molar-refractivity contribution is -0.107. The number of H-pyrrole nitrogens is 3. The van der Waals surface area contributed by atoms with E-state index in [4.69, 9.17) is 5.73 Å². The van der Waals surface area contributed by atoms with Gasteiger partial charge in [0.1, 0.15) is 11.8 Å². The normalized spacial score (nSPS) is 10.5. The van der Waals surface area contributed by atoms with Gasteiger partial charge < -0.3 is 20.5 Å². The quantitative estimate of drug-likeness (QED) is 0.386. The van der Waals surface area contributed by atoms with Gasteiger partial charge in [-0.15, -0.1) is 0 Å². The van der Waals surface area contributed by atoms with E-state index in [1.807, 2.05) is 11.1 Å². The highest BCUT2D eigenvalue weighted by molar-refractivity contribution is 5.81. The van der Waals surface area contributed by atoms with Gasteiger partial charge in [0.15, 0.2) is 17.3 Å². The molecule has 0 atom stereocenters. The number of rotatable bonds is 4. The van der Waals surface area contributed by atoms with Crippen molar-refractivity contribution >= 4 is 29.3 Å². The number of aldehydes is 1. The van der Waals surface area contributed by atoms with Crippen LogP contribution in [0, 0.1) is 0 Å². The van der Waals surface area contributed by atoms with E-state index in [1.165, 1.54) is 18.6 Å². The van der Waals surface area contributed by atoms with Crippen LogP contribution in [0.25, 0.3) is 17.2 Å². The summed E-state index contributed by atoms with van der Waals surface area (Å²) in [7, 11) is 0. The van der Waals surface area contributed by atoms with E-state index in [1.54, 1.807) is 6.08 Å². The highest BCUT2D eigenvalue weighted by atomic mass is 16.2. The number of hydrogen-bond acceptors (Lipinski definition) is 7. The summed E-state index contributed by atoms with van der Waals surface area (Å²) in [5.74, 6) is 0.875. The number of imidazole rings is 1. The molecule has 124 valence electrons. The number of carbonyl (C=O) groups excluding carboxylic acids is 1. The predicted octanol–water partition coefficient (Wildman–Crippen LogP) is -0.00940. The van der Waals surface area contributed by atoms with Gasteiger partial charge in [0.2, 0.25) is 0 Å². The summed E-state index contributed by atoms with van der Waals surface area (Å²) in [6, 6.07) is 1.24. The molecule has 0 amide bonds. The van der Waals surface area contributed by atoms with E-state index >= 15 is 0 Å². The van der Waals surface area contributed by atoms with Crippen molar-refractivity contribution in [1.29, 1.82) is 0 Å². The molecule has 0 fully saturated rings. The zero-order chi connectivity index (χ0) is 17.4. The highest BCUT2D eigenvalue weighted by Crippen LogP contribution is 2.13. The first-order valence-corrected chi connectivity index (χ1v) is 6.95. The summed E-state index contributed by atoms with van der Waals surface area (Å²) in [6.45, 7) is 0. The molecule has 3 aromatic heterocycles. The number of nitrogen functional groups attached to an aromatic ring is 1. The minimum atomic E-state index is -0.475. The van der Waals surface area contributed by atoms with E-state index in [9.17, 15) is 14.4 Å². The number of aromatic nitrogens is 6. The maximum atomic E-state index is 10.2. The molecule has 0 spiro atoms. The average molecular weight is 329 g/mol. The predicted molar refractivity (Wildman–Crippen MR) is 88.1 cm³/mol. The van der Waals surface area contributed by atoms with Crippen LogP contribution >= 0.6 is 0 Å². The first kappa shape index (κ1) is 16.8. The summed E-state index contributed by atoms with van der Waals surface area (Å²) in [5.41, 5.74) is 6.05. The van der Waals surface area contributed by atoms with Crippen LogP contribution in [0.5, 0.6) is 0 Å². The highest BCUT2D eigenvalue weighted by Gasteiger charge is 2.04. The molecule has 10 nitrogen and oxygen atoms in total. The van der Waals surface area contributed by atoms with Crippen molar-refractivity contribution in [2.75, 3.05) is 5.73 Å². The van der Waals surface area contributed by atoms with Crippen molar-refractivity contribution < 1.29 is 4.79 Å². The molecular formula is C14H15N7O3. The third kappa shape index (κ3) is 4.73. The number of unbranched alkanes of at least 4 members (excludes halogenated alkanes) is 1. The molecule has 0 unspecified atom stereocenters. The van der Waals surface area contributed by atoms with Crippen LogP contribution in [-0.2, 0) is 4.79 Å². The number of nitrogens with two attached hydrogens (primary N) is 1. The first-order valence-electron chi connectivity index (χ1n) is 6.95. The molecular weight excluding hydrogens is 314 g/mol. The Kier molecular flexibility index (Phi) is 5.72. The first-order chi connectivity index (χ1) is 11.6. The standard InChI is InChI=1S/C10H11N5O.C4H4N2O2/c11-9-8-10(13-6-12-8)15-7(14-9)4-2-1-3-5-16;7-3-1-2-5-4(8)6-3/h2,4-6H,1,3H2,(H3,11,12,13,14,15);1-2H,(H2,5,6,7,8). The van der Waals surface area contributed by atoms with E-state index < -0.39 is 5.69 Å². The minimum Gasteiger partial charge on any atom is -0.382 e. The summed E-state index contributed by atoms with van der Waals surface area (Å²) in [4.78, 5) is 49.9. The number of aromatic amines is 3. The minimum absolute atomic E-state index is 0.373. The second-order valence-electron chi connectivity index (χ2n) is 4.51. The van der Waals surface area contributed by atoms with Gasteiger partial charge >= 0.3 is 5.69 Å². The van der Waals surface area contributed by atoms with Gasteiger partial charge in [-0.2, -0.15) is 0 Å². The summed E-state index contributed by atoms with van der Waals surface area (Å²) in [5, 5.41) is 0. The van der Waals surface area contributed by atoms with E-state index in [2.05, 4.69) is 24.9 Å². The smallest absolute Gasteiger partial charge is 0.325 e. The van der Waals surface area contributed by atoms with Crippen molar-refractivity contribution in [1.82, 2.24) is 29.9 Å². The maximum Gasteiger partial charge on any atom is 0.325 e. The molecule has 5 N–H and O–H groups in total. The van der Waals surface area contributed by atoms with Crippen LogP contribution in [-0.4, -0.2) is 36.2 Å². The fraction of sp³-hybridized carbons (Fsp3) is 0.143. The van der Waals surface area contributed by atoms with Crippen molar-refractivity contribution in [3.05, 3.63) is 51.3 Å². The number of carbonyl (C=O) groups is 1. The van der Waals surface area contributed by atoms with Gasteiger partial charge in [-0.25, -0.2) is 19.7 Å². The number of allylic oxidation sites excluding steroid dienone is 1. The average Bonchev–Trinajstić information content (AvgIpc) is 3.01. The lowest BCUT2D eigenvalue weighted by atomic mass is 10.3. The molecule has 3 aromatic rings. The third-order valence-corrected chi connectivity index (χ3v) is 2.73. The summed E-state index contributed by atoms with van der Waals surface area (Å²) >= 11 is 0.